The highest BCUT2D eigenvalue weighted by Gasteiger charge is 2.23. The number of aromatic nitrogens is 4. The summed E-state index contributed by atoms with van der Waals surface area (Å²) in [4.78, 5) is 31.2. The second-order valence-electron chi connectivity index (χ2n) is 8.27. The van der Waals surface area contributed by atoms with Crippen LogP contribution in [-0.4, -0.2) is 25.1 Å². The molecule has 0 unspecified atom stereocenters. The van der Waals surface area contributed by atoms with E-state index in [-0.39, 0.29) is 11.1 Å². The zero-order valence-electron chi connectivity index (χ0n) is 19.3. The van der Waals surface area contributed by atoms with E-state index in [2.05, 4.69) is 21.3 Å². The molecule has 1 amide bonds. The van der Waals surface area contributed by atoms with Gasteiger partial charge in [0.05, 0.1) is 22.8 Å². The van der Waals surface area contributed by atoms with E-state index in [4.69, 9.17) is 6.42 Å². The molecule has 0 saturated carbocycles. The molecular formula is C27H19F2N5O2. The Morgan fingerprint density at radius 1 is 1.14 bits per heavy atom. The van der Waals surface area contributed by atoms with E-state index in [0.717, 1.165) is 12.1 Å². The zero-order chi connectivity index (χ0) is 25.6. The van der Waals surface area contributed by atoms with Gasteiger partial charge in [-0.1, -0.05) is 18.1 Å². The van der Waals surface area contributed by atoms with Crippen LogP contribution in [-0.2, 0) is 0 Å². The monoisotopic (exact) mass is 483 g/mol. The zero-order valence-corrected chi connectivity index (χ0v) is 19.3. The minimum Gasteiger partial charge on any atom is -0.344 e. The predicted molar refractivity (Wildman–Crippen MR) is 131 cm³/mol. The number of rotatable bonds is 4. The molecule has 0 aliphatic heterocycles. The van der Waals surface area contributed by atoms with Crippen molar-refractivity contribution in [1.82, 2.24) is 24.5 Å². The Morgan fingerprint density at radius 3 is 2.69 bits per heavy atom. The van der Waals surface area contributed by atoms with Gasteiger partial charge < -0.3 is 5.32 Å². The summed E-state index contributed by atoms with van der Waals surface area (Å²) in [5.41, 5.74) is 1.45. The van der Waals surface area contributed by atoms with Gasteiger partial charge >= 0.3 is 0 Å². The van der Waals surface area contributed by atoms with Crippen LogP contribution >= 0.6 is 0 Å². The number of terminal acetylenes is 1. The second-order valence-corrected chi connectivity index (χ2v) is 8.27. The SMILES string of the molecule is C#Cc1cccc2cc([C@H](C)NC(=O)c3c(C)nn4cccnc34)n(-c3ccc(F)c(F)c3)c(=O)c12. The third kappa shape index (κ3) is 3.69. The van der Waals surface area contributed by atoms with Crippen LogP contribution in [0.25, 0.3) is 22.1 Å². The normalized spacial score (nSPS) is 12.0. The molecule has 0 bridgehead atoms. The van der Waals surface area contributed by atoms with Crippen molar-refractivity contribution < 1.29 is 13.6 Å². The van der Waals surface area contributed by atoms with Crippen LogP contribution in [0.3, 0.4) is 0 Å². The van der Waals surface area contributed by atoms with Gasteiger partial charge in [-0.25, -0.2) is 18.3 Å². The van der Waals surface area contributed by atoms with Gasteiger partial charge in [-0.3, -0.25) is 14.2 Å². The van der Waals surface area contributed by atoms with Gasteiger partial charge in [0.15, 0.2) is 17.3 Å². The van der Waals surface area contributed by atoms with Crippen LogP contribution in [0.5, 0.6) is 0 Å². The van der Waals surface area contributed by atoms with Gasteiger partial charge in [-0.15, -0.1) is 6.42 Å². The molecule has 36 heavy (non-hydrogen) atoms. The summed E-state index contributed by atoms with van der Waals surface area (Å²) in [5.74, 6) is -0.106. The van der Waals surface area contributed by atoms with Crippen LogP contribution in [0, 0.1) is 30.9 Å². The molecule has 0 radical (unpaired) electrons. The van der Waals surface area contributed by atoms with E-state index in [1.807, 2.05) is 0 Å². The van der Waals surface area contributed by atoms with Gasteiger partial charge in [0.1, 0.15) is 5.56 Å². The smallest absolute Gasteiger partial charge is 0.264 e. The molecule has 3 heterocycles. The number of aryl methyl sites for hydroxylation is 1. The van der Waals surface area contributed by atoms with Gasteiger partial charge in [-0.2, -0.15) is 5.10 Å². The molecule has 0 aliphatic carbocycles. The molecule has 2 aromatic carbocycles. The van der Waals surface area contributed by atoms with Crippen molar-refractivity contribution >= 4 is 22.3 Å². The Kier molecular flexibility index (Phi) is 5.57. The average Bonchev–Trinajstić information content (AvgIpc) is 3.21. The number of amides is 1. The number of pyridine rings is 1. The first-order valence-electron chi connectivity index (χ1n) is 11.0. The third-order valence-electron chi connectivity index (χ3n) is 5.98. The van der Waals surface area contributed by atoms with Gasteiger partial charge in [-0.05, 0) is 49.6 Å². The van der Waals surface area contributed by atoms with Crippen molar-refractivity contribution in [2.45, 2.75) is 19.9 Å². The lowest BCUT2D eigenvalue weighted by Crippen LogP contribution is -2.32. The van der Waals surface area contributed by atoms with Crippen LogP contribution < -0.4 is 10.9 Å². The first-order valence-corrected chi connectivity index (χ1v) is 11.0. The molecule has 0 fully saturated rings. The quantitative estimate of drug-likeness (QED) is 0.391. The summed E-state index contributed by atoms with van der Waals surface area (Å²) < 4.78 is 30.6. The summed E-state index contributed by atoms with van der Waals surface area (Å²) in [5, 5.41) is 8.02. The molecule has 5 aromatic rings. The van der Waals surface area contributed by atoms with Gasteiger partial charge in [0.2, 0.25) is 0 Å². The minimum absolute atomic E-state index is 0.0950. The lowest BCUT2D eigenvalue weighted by atomic mass is 10.0. The third-order valence-corrected chi connectivity index (χ3v) is 5.98. The Hall–Kier alpha value is -4.84. The number of fused-ring (bicyclic) bond motifs is 2. The van der Waals surface area contributed by atoms with E-state index >= 15 is 0 Å². The van der Waals surface area contributed by atoms with Crippen molar-refractivity contribution in [1.29, 1.82) is 0 Å². The summed E-state index contributed by atoms with van der Waals surface area (Å²) in [6, 6.07) is 10.9. The van der Waals surface area contributed by atoms with E-state index < -0.39 is 29.1 Å². The molecule has 1 atom stereocenters. The van der Waals surface area contributed by atoms with Crippen LogP contribution in [0.1, 0.15) is 40.3 Å². The second kappa shape index (κ2) is 8.74. The number of carbonyl (C=O) groups excluding carboxylic acids is 1. The number of benzene rings is 2. The van der Waals surface area contributed by atoms with Crippen LogP contribution in [0.2, 0.25) is 0 Å². The molecule has 0 aliphatic rings. The molecule has 1 N–H and O–H groups in total. The molecule has 3 aromatic heterocycles. The number of hydrogen-bond donors (Lipinski definition) is 1. The number of nitrogens with zero attached hydrogens (tertiary/aromatic N) is 4. The largest absolute Gasteiger partial charge is 0.344 e. The van der Waals surface area contributed by atoms with E-state index in [1.165, 1.54) is 15.1 Å². The lowest BCUT2D eigenvalue weighted by molar-refractivity contribution is 0.0939. The number of hydrogen-bond acceptors (Lipinski definition) is 4. The fourth-order valence-electron chi connectivity index (χ4n) is 4.32. The predicted octanol–water partition coefficient (Wildman–Crippen LogP) is 4.09. The number of carbonyl (C=O) groups is 1. The maximum atomic E-state index is 14.2. The Balaban J connectivity index is 1.68. The summed E-state index contributed by atoms with van der Waals surface area (Å²) in [6.45, 7) is 3.39. The number of halogens is 2. The fourth-order valence-corrected chi connectivity index (χ4v) is 4.32. The topological polar surface area (TPSA) is 81.3 Å². The molecule has 0 saturated heterocycles. The van der Waals surface area contributed by atoms with Gasteiger partial charge in [0.25, 0.3) is 11.5 Å². The molecule has 9 heteroatoms. The maximum Gasteiger partial charge on any atom is 0.264 e. The summed E-state index contributed by atoms with van der Waals surface area (Å²) >= 11 is 0. The Bertz CT molecular complexity index is 1780. The van der Waals surface area contributed by atoms with Crippen molar-refractivity contribution in [3.63, 3.8) is 0 Å². The van der Waals surface area contributed by atoms with Crippen molar-refractivity contribution in [2.24, 2.45) is 0 Å². The number of nitrogens with one attached hydrogen (secondary N) is 1. The van der Waals surface area contributed by atoms with E-state index in [1.54, 1.807) is 56.6 Å². The van der Waals surface area contributed by atoms with Crippen LogP contribution in [0.4, 0.5) is 8.78 Å². The van der Waals surface area contributed by atoms with E-state index in [0.29, 0.717) is 33.5 Å². The first-order chi connectivity index (χ1) is 17.3. The highest BCUT2D eigenvalue weighted by molar-refractivity contribution is 6.01. The minimum atomic E-state index is -1.11. The molecule has 178 valence electrons. The molecule has 7 nitrogen and oxygen atoms in total. The van der Waals surface area contributed by atoms with Crippen molar-refractivity contribution in [3.05, 3.63) is 105 Å². The molecule has 5 rings (SSSR count). The van der Waals surface area contributed by atoms with E-state index in [9.17, 15) is 18.4 Å². The first kappa shape index (κ1) is 22.9. The standard InChI is InChI=1S/C27H19F2N5O2/c1-4-17-7-5-8-18-13-22(34(27(36)24(17)18)19-9-10-20(28)21(29)14-19)15(2)31-26(35)23-16(3)32-33-12-6-11-30-25(23)33/h1,5-15H,2-3H3,(H,31,35)/t15-/m0/s1. The van der Waals surface area contributed by atoms with Crippen molar-refractivity contribution in [2.75, 3.05) is 0 Å². The van der Waals surface area contributed by atoms with Crippen molar-refractivity contribution in [3.8, 4) is 18.0 Å². The summed E-state index contributed by atoms with van der Waals surface area (Å²) in [6.07, 6.45) is 8.86. The Morgan fingerprint density at radius 2 is 1.94 bits per heavy atom. The van der Waals surface area contributed by atoms with Gasteiger partial charge in [0, 0.05) is 29.7 Å². The molecule has 0 spiro atoms. The fraction of sp³-hybridized carbons (Fsp3) is 0.111. The summed E-state index contributed by atoms with van der Waals surface area (Å²) in [7, 11) is 0. The highest BCUT2D eigenvalue weighted by atomic mass is 19.2. The highest BCUT2D eigenvalue weighted by Crippen LogP contribution is 2.25. The Labute approximate surface area is 204 Å². The molecular weight excluding hydrogens is 464 g/mol. The lowest BCUT2D eigenvalue weighted by Gasteiger charge is -2.21. The maximum absolute atomic E-state index is 14.2. The van der Waals surface area contributed by atoms with Crippen LogP contribution in [0.15, 0.2) is 65.7 Å². The average molecular weight is 483 g/mol.